The maximum Gasteiger partial charge on any atom is 0.338 e. The molecular formula is C18H23N3O6S. The molecule has 9 nitrogen and oxygen atoms in total. The molecule has 0 unspecified atom stereocenters. The lowest BCUT2D eigenvalue weighted by Gasteiger charge is -2.15. The van der Waals surface area contributed by atoms with Crippen LogP contribution in [0, 0.1) is 0 Å². The molecule has 0 spiro atoms. The lowest BCUT2D eigenvalue weighted by Crippen LogP contribution is -2.33. The third kappa shape index (κ3) is 4.68. The van der Waals surface area contributed by atoms with Gasteiger partial charge in [0.15, 0.2) is 12.4 Å². The Hall–Kier alpha value is -2.46. The Balaban J connectivity index is 1.76. The van der Waals surface area contributed by atoms with Crippen LogP contribution in [-0.2, 0) is 27.8 Å². The van der Waals surface area contributed by atoms with Crippen LogP contribution in [0.2, 0.25) is 0 Å². The second-order valence-electron chi connectivity index (χ2n) is 6.50. The van der Waals surface area contributed by atoms with Crippen LogP contribution < -0.4 is 9.46 Å². The molecule has 1 N–H and O–H groups in total. The Bertz CT molecular complexity index is 935. The lowest BCUT2D eigenvalue weighted by atomic mass is 10.2. The van der Waals surface area contributed by atoms with Gasteiger partial charge in [0.1, 0.15) is 10.6 Å². The maximum absolute atomic E-state index is 12.8. The molecule has 1 fully saturated rings. The van der Waals surface area contributed by atoms with Gasteiger partial charge >= 0.3 is 5.97 Å². The second-order valence-corrected chi connectivity index (χ2v) is 8.18. The van der Waals surface area contributed by atoms with Gasteiger partial charge in [-0.2, -0.15) is 4.98 Å². The maximum atomic E-state index is 12.8. The van der Waals surface area contributed by atoms with Crippen LogP contribution in [0.4, 0.5) is 0 Å². The first-order chi connectivity index (χ1) is 13.4. The highest BCUT2D eigenvalue weighted by atomic mass is 32.2. The predicted octanol–water partition coefficient (Wildman–Crippen LogP) is 2.22. The minimum absolute atomic E-state index is 0.0860. The monoisotopic (exact) mass is 409 g/mol. The van der Waals surface area contributed by atoms with Crippen LogP contribution in [-0.4, -0.2) is 37.7 Å². The highest BCUT2D eigenvalue weighted by molar-refractivity contribution is 7.89. The first kappa shape index (κ1) is 20.3. The fraction of sp³-hybridized carbons (Fsp3) is 0.500. The molecule has 1 aromatic carbocycles. The molecule has 1 aliphatic carbocycles. The van der Waals surface area contributed by atoms with E-state index in [-0.39, 0.29) is 34.7 Å². The standard InChI is InChI=1S/C18H23N3O6S/c1-3-16-19-17(27-20-16)11-26-18(22)12-8-9-14(25-2)15(10-12)28(23,24)21-13-6-4-5-7-13/h8-10,13,21H,3-7,11H2,1-2H3. The van der Waals surface area contributed by atoms with Gasteiger partial charge in [-0.15, -0.1) is 0 Å². The third-order valence-corrected chi connectivity index (χ3v) is 6.06. The molecule has 0 saturated heterocycles. The first-order valence-electron chi connectivity index (χ1n) is 9.12. The number of sulfonamides is 1. The number of benzene rings is 1. The summed E-state index contributed by atoms with van der Waals surface area (Å²) >= 11 is 0. The number of methoxy groups -OCH3 is 1. The van der Waals surface area contributed by atoms with Gasteiger partial charge in [-0.25, -0.2) is 17.9 Å². The van der Waals surface area contributed by atoms with E-state index in [0.717, 1.165) is 25.7 Å². The zero-order valence-electron chi connectivity index (χ0n) is 15.8. The average molecular weight is 409 g/mol. The number of aromatic nitrogens is 2. The Morgan fingerprint density at radius 3 is 2.71 bits per heavy atom. The first-order valence-corrected chi connectivity index (χ1v) is 10.6. The summed E-state index contributed by atoms with van der Waals surface area (Å²) in [4.78, 5) is 16.3. The van der Waals surface area contributed by atoms with E-state index in [9.17, 15) is 13.2 Å². The van der Waals surface area contributed by atoms with Crippen LogP contribution in [0.25, 0.3) is 0 Å². The summed E-state index contributed by atoms with van der Waals surface area (Å²) in [7, 11) is -2.46. The molecular weight excluding hydrogens is 386 g/mol. The molecule has 1 aromatic heterocycles. The van der Waals surface area contributed by atoms with Gasteiger partial charge in [0.25, 0.3) is 5.89 Å². The van der Waals surface area contributed by atoms with Crippen molar-refractivity contribution in [1.82, 2.24) is 14.9 Å². The van der Waals surface area contributed by atoms with Crippen molar-refractivity contribution in [3.8, 4) is 5.75 Å². The fourth-order valence-corrected chi connectivity index (χ4v) is 4.54. The van der Waals surface area contributed by atoms with E-state index in [1.54, 1.807) is 0 Å². The van der Waals surface area contributed by atoms with Gasteiger partial charge in [-0.05, 0) is 31.0 Å². The van der Waals surface area contributed by atoms with Crippen LogP contribution in [0.5, 0.6) is 5.75 Å². The predicted molar refractivity (Wildman–Crippen MR) is 98.4 cm³/mol. The van der Waals surface area contributed by atoms with Crippen molar-refractivity contribution in [3.63, 3.8) is 0 Å². The van der Waals surface area contributed by atoms with E-state index >= 15 is 0 Å². The van der Waals surface area contributed by atoms with E-state index in [2.05, 4.69) is 14.9 Å². The fourth-order valence-electron chi connectivity index (χ4n) is 3.04. The molecule has 0 aliphatic heterocycles. The summed E-state index contributed by atoms with van der Waals surface area (Å²) in [6, 6.07) is 4.03. The molecule has 0 atom stereocenters. The summed E-state index contributed by atoms with van der Waals surface area (Å²) in [5.41, 5.74) is 0.0860. The number of ether oxygens (including phenoxy) is 2. The van der Waals surface area contributed by atoms with Crippen molar-refractivity contribution in [3.05, 3.63) is 35.5 Å². The van der Waals surface area contributed by atoms with Crippen molar-refractivity contribution >= 4 is 16.0 Å². The molecule has 3 rings (SSSR count). The number of carbonyl (C=O) groups excluding carboxylic acids is 1. The SMILES string of the molecule is CCc1noc(COC(=O)c2ccc(OC)c(S(=O)(=O)NC3CCCC3)c2)n1. The van der Waals surface area contributed by atoms with Crippen molar-refractivity contribution in [2.24, 2.45) is 0 Å². The van der Waals surface area contributed by atoms with Gasteiger partial charge in [0, 0.05) is 12.5 Å². The topological polar surface area (TPSA) is 121 Å². The van der Waals surface area contributed by atoms with Crippen LogP contribution >= 0.6 is 0 Å². The minimum Gasteiger partial charge on any atom is -0.495 e. The minimum atomic E-state index is -3.83. The number of esters is 1. The third-order valence-electron chi connectivity index (χ3n) is 4.52. The molecule has 10 heteroatoms. The largest absolute Gasteiger partial charge is 0.495 e. The van der Waals surface area contributed by atoms with Crippen molar-refractivity contribution in [2.45, 2.75) is 56.6 Å². The summed E-state index contributed by atoms with van der Waals surface area (Å²) in [6.07, 6.45) is 4.18. The molecule has 1 saturated carbocycles. The Morgan fingerprint density at radius 2 is 2.07 bits per heavy atom. The number of nitrogens with zero attached hydrogens (tertiary/aromatic N) is 2. The molecule has 2 aromatic rings. The van der Waals surface area contributed by atoms with E-state index < -0.39 is 16.0 Å². The molecule has 0 bridgehead atoms. The smallest absolute Gasteiger partial charge is 0.338 e. The van der Waals surface area contributed by atoms with Crippen LogP contribution in [0.1, 0.15) is 54.7 Å². The molecule has 1 heterocycles. The van der Waals surface area contributed by atoms with E-state index in [1.165, 1.54) is 25.3 Å². The Morgan fingerprint density at radius 1 is 1.32 bits per heavy atom. The summed E-state index contributed by atoms with van der Waals surface area (Å²) in [5, 5.41) is 3.72. The zero-order valence-corrected chi connectivity index (χ0v) is 16.6. The van der Waals surface area contributed by atoms with Gasteiger partial charge in [0.2, 0.25) is 10.0 Å². The highest BCUT2D eigenvalue weighted by Gasteiger charge is 2.27. The molecule has 0 amide bonds. The molecule has 1 aliphatic rings. The Labute approximate surface area is 163 Å². The number of hydrogen-bond acceptors (Lipinski definition) is 8. The number of rotatable bonds is 8. The van der Waals surface area contributed by atoms with Gasteiger partial charge < -0.3 is 14.0 Å². The normalized spacial score (nSPS) is 14.9. The van der Waals surface area contributed by atoms with Crippen molar-refractivity contribution in [1.29, 1.82) is 0 Å². The van der Waals surface area contributed by atoms with E-state index in [4.69, 9.17) is 14.0 Å². The summed E-state index contributed by atoms with van der Waals surface area (Å²) in [6.45, 7) is 1.68. The summed E-state index contributed by atoms with van der Waals surface area (Å²) < 4.78 is 43.5. The van der Waals surface area contributed by atoms with Crippen LogP contribution in [0.3, 0.4) is 0 Å². The van der Waals surface area contributed by atoms with Crippen molar-refractivity contribution in [2.75, 3.05) is 7.11 Å². The Kier molecular flexibility index (Phi) is 6.30. The van der Waals surface area contributed by atoms with Gasteiger partial charge in [-0.3, -0.25) is 0 Å². The second kappa shape index (κ2) is 8.70. The quantitative estimate of drug-likeness (QED) is 0.659. The van der Waals surface area contributed by atoms with E-state index in [1.807, 2.05) is 6.92 Å². The summed E-state index contributed by atoms with van der Waals surface area (Å²) in [5.74, 6) is 0.152. The van der Waals surface area contributed by atoms with Gasteiger partial charge in [-0.1, -0.05) is 24.9 Å². The molecule has 152 valence electrons. The molecule has 28 heavy (non-hydrogen) atoms. The van der Waals surface area contributed by atoms with Crippen LogP contribution in [0.15, 0.2) is 27.6 Å². The van der Waals surface area contributed by atoms with Gasteiger partial charge in [0.05, 0.1) is 12.7 Å². The van der Waals surface area contributed by atoms with Crippen molar-refractivity contribution < 1.29 is 27.2 Å². The number of hydrogen-bond donors (Lipinski definition) is 1. The number of carbonyl (C=O) groups is 1. The average Bonchev–Trinajstić information content (AvgIpc) is 3.36. The molecule has 0 radical (unpaired) electrons. The van der Waals surface area contributed by atoms with E-state index in [0.29, 0.717) is 12.2 Å². The lowest BCUT2D eigenvalue weighted by molar-refractivity contribution is 0.0429. The zero-order chi connectivity index (χ0) is 20.1. The number of nitrogens with one attached hydrogen (secondary N) is 1. The number of aryl methyl sites for hydroxylation is 1. The highest BCUT2D eigenvalue weighted by Crippen LogP contribution is 2.27.